The minimum atomic E-state index is -0.355. The lowest BCUT2D eigenvalue weighted by Crippen LogP contribution is -2.02. The number of H-pyrrole nitrogens is 1. The highest BCUT2D eigenvalue weighted by Gasteiger charge is 2.11. The van der Waals surface area contributed by atoms with E-state index in [1.165, 1.54) is 6.07 Å². The van der Waals surface area contributed by atoms with Crippen LogP contribution in [0.1, 0.15) is 5.56 Å². The van der Waals surface area contributed by atoms with Crippen molar-refractivity contribution in [1.82, 2.24) is 4.98 Å². The second kappa shape index (κ2) is 5.05. The van der Waals surface area contributed by atoms with Crippen LogP contribution in [0, 0.1) is 10.1 Å². The van der Waals surface area contributed by atoms with Gasteiger partial charge >= 0.3 is 0 Å². The van der Waals surface area contributed by atoms with E-state index >= 15 is 0 Å². The summed E-state index contributed by atoms with van der Waals surface area (Å²) >= 11 is 0. The molecule has 0 aliphatic heterocycles. The molecule has 1 heterocycles. The molecule has 20 heavy (non-hydrogen) atoms. The fraction of sp³-hybridized carbons (Fsp3) is 0.0667. The predicted molar refractivity (Wildman–Crippen MR) is 78.7 cm³/mol. The SMILES string of the molecule is O=[N+]([O-])c1ccccc1CNc1ccc2[nH]ccc2c1. The van der Waals surface area contributed by atoms with E-state index in [9.17, 15) is 10.1 Å². The number of nitro groups is 1. The number of aromatic nitrogens is 1. The van der Waals surface area contributed by atoms with Crippen LogP contribution in [0.15, 0.2) is 54.7 Å². The molecular weight excluding hydrogens is 254 g/mol. The van der Waals surface area contributed by atoms with Crippen molar-refractivity contribution in [2.24, 2.45) is 0 Å². The number of hydrogen-bond acceptors (Lipinski definition) is 3. The van der Waals surface area contributed by atoms with Crippen molar-refractivity contribution < 1.29 is 4.92 Å². The van der Waals surface area contributed by atoms with Gasteiger partial charge in [-0.3, -0.25) is 10.1 Å². The van der Waals surface area contributed by atoms with Crippen LogP contribution in [0.25, 0.3) is 10.9 Å². The van der Waals surface area contributed by atoms with Crippen molar-refractivity contribution in [3.8, 4) is 0 Å². The minimum absolute atomic E-state index is 0.141. The van der Waals surface area contributed by atoms with Gasteiger partial charge in [-0.2, -0.15) is 0 Å². The van der Waals surface area contributed by atoms with Crippen molar-refractivity contribution in [2.75, 3.05) is 5.32 Å². The monoisotopic (exact) mass is 267 g/mol. The zero-order chi connectivity index (χ0) is 13.9. The molecular formula is C15H13N3O2. The lowest BCUT2D eigenvalue weighted by atomic mass is 10.1. The van der Waals surface area contributed by atoms with E-state index < -0.39 is 0 Å². The van der Waals surface area contributed by atoms with Crippen molar-refractivity contribution in [2.45, 2.75) is 6.54 Å². The molecule has 0 bridgehead atoms. The topological polar surface area (TPSA) is 71.0 Å². The van der Waals surface area contributed by atoms with Gasteiger partial charge in [0.05, 0.1) is 4.92 Å². The zero-order valence-electron chi connectivity index (χ0n) is 10.7. The second-order valence-electron chi connectivity index (χ2n) is 4.52. The van der Waals surface area contributed by atoms with Crippen LogP contribution in [0.5, 0.6) is 0 Å². The standard InChI is InChI=1S/C15H13N3O2/c19-18(20)15-4-2-1-3-12(15)10-17-13-5-6-14-11(9-13)7-8-16-14/h1-9,16-17H,10H2. The van der Waals surface area contributed by atoms with E-state index in [-0.39, 0.29) is 10.6 Å². The Kier molecular flexibility index (Phi) is 3.09. The first-order chi connectivity index (χ1) is 9.74. The fourth-order valence-corrected chi connectivity index (χ4v) is 2.20. The number of rotatable bonds is 4. The van der Waals surface area contributed by atoms with Gasteiger partial charge in [-0.25, -0.2) is 0 Å². The molecule has 1 aromatic heterocycles. The third kappa shape index (κ3) is 2.33. The normalized spacial score (nSPS) is 10.6. The average molecular weight is 267 g/mol. The number of benzene rings is 2. The van der Waals surface area contributed by atoms with E-state index in [1.54, 1.807) is 18.2 Å². The Bertz CT molecular complexity index is 764. The Morgan fingerprint density at radius 2 is 2.00 bits per heavy atom. The maximum absolute atomic E-state index is 10.9. The summed E-state index contributed by atoms with van der Waals surface area (Å²) in [5.41, 5.74) is 2.82. The smallest absolute Gasteiger partial charge is 0.274 e. The maximum atomic E-state index is 10.9. The van der Waals surface area contributed by atoms with Crippen molar-refractivity contribution in [1.29, 1.82) is 0 Å². The van der Waals surface area contributed by atoms with Gasteiger partial charge in [0, 0.05) is 41.0 Å². The van der Waals surface area contributed by atoms with Crippen molar-refractivity contribution in [3.05, 3.63) is 70.4 Å². The maximum Gasteiger partial charge on any atom is 0.274 e. The van der Waals surface area contributed by atoms with Gasteiger partial charge in [-0.05, 0) is 24.3 Å². The summed E-state index contributed by atoms with van der Waals surface area (Å²) in [6.07, 6.45) is 1.89. The van der Waals surface area contributed by atoms with E-state index in [1.807, 2.05) is 30.5 Å². The lowest BCUT2D eigenvalue weighted by molar-refractivity contribution is -0.385. The van der Waals surface area contributed by atoms with Crippen LogP contribution in [0.2, 0.25) is 0 Å². The molecule has 2 N–H and O–H groups in total. The highest BCUT2D eigenvalue weighted by Crippen LogP contribution is 2.21. The molecule has 0 spiro atoms. The summed E-state index contributed by atoms with van der Waals surface area (Å²) in [7, 11) is 0. The molecule has 100 valence electrons. The Hall–Kier alpha value is -2.82. The van der Waals surface area contributed by atoms with Gasteiger partial charge in [0.1, 0.15) is 0 Å². The van der Waals surface area contributed by atoms with Gasteiger partial charge in [0.25, 0.3) is 5.69 Å². The first kappa shape index (κ1) is 12.2. The molecule has 5 nitrogen and oxygen atoms in total. The predicted octanol–water partition coefficient (Wildman–Crippen LogP) is 3.69. The number of nitrogens with one attached hydrogen (secondary N) is 2. The number of nitrogens with zero attached hydrogens (tertiary/aromatic N) is 1. The number of fused-ring (bicyclic) bond motifs is 1. The van der Waals surface area contributed by atoms with Crippen LogP contribution < -0.4 is 5.32 Å². The third-order valence-electron chi connectivity index (χ3n) is 3.22. The van der Waals surface area contributed by atoms with E-state index in [4.69, 9.17) is 0 Å². The number of aromatic amines is 1. The molecule has 0 unspecified atom stereocenters. The quantitative estimate of drug-likeness (QED) is 0.559. The summed E-state index contributed by atoms with van der Waals surface area (Å²) in [6, 6.07) is 14.7. The van der Waals surface area contributed by atoms with Crippen LogP contribution in [-0.2, 0) is 6.54 Å². The van der Waals surface area contributed by atoms with Gasteiger partial charge in [-0.1, -0.05) is 18.2 Å². The molecule has 0 aliphatic carbocycles. The molecule has 0 saturated carbocycles. The van der Waals surface area contributed by atoms with Crippen molar-refractivity contribution >= 4 is 22.3 Å². The minimum Gasteiger partial charge on any atom is -0.381 e. The van der Waals surface area contributed by atoms with E-state index in [0.717, 1.165) is 16.6 Å². The number of nitro benzene ring substituents is 1. The molecule has 3 aromatic rings. The van der Waals surface area contributed by atoms with Crippen LogP contribution >= 0.6 is 0 Å². The molecule has 0 aliphatic rings. The van der Waals surface area contributed by atoms with Gasteiger partial charge in [0.15, 0.2) is 0 Å². The lowest BCUT2D eigenvalue weighted by Gasteiger charge is -2.07. The van der Waals surface area contributed by atoms with Gasteiger partial charge < -0.3 is 10.3 Å². The number of para-hydroxylation sites is 1. The first-order valence-corrected chi connectivity index (χ1v) is 6.27. The van der Waals surface area contributed by atoms with Gasteiger partial charge in [-0.15, -0.1) is 0 Å². The summed E-state index contributed by atoms with van der Waals surface area (Å²) in [4.78, 5) is 13.7. The summed E-state index contributed by atoms with van der Waals surface area (Å²) in [5, 5.41) is 15.3. The zero-order valence-corrected chi connectivity index (χ0v) is 10.7. The Labute approximate surface area is 115 Å². The molecule has 3 rings (SSSR count). The fourth-order valence-electron chi connectivity index (χ4n) is 2.20. The van der Waals surface area contributed by atoms with E-state index in [0.29, 0.717) is 12.1 Å². The summed E-state index contributed by atoms with van der Waals surface area (Å²) in [6.45, 7) is 0.424. The second-order valence-corrected chi connectivity index (χ2v) is 4.52. The Balaban J connectivity index is 1.80. The van der Waals surface area contributed by atoms with Gasteiger partial charge in [0.2, 0.25) is 0 Å². The summed E-state index contributed by atoms with van der Waals surface area (Å²) in [5.74, 6) is 0. The molecule has 0 fully saturated rings. The first-order valence-electron chi connectivity index (χ1n) is 6.27. The third-order valence-corrected chi connectivity index (χ3v) is 3.22. The van der Waals surface area contributed by atoms with Crippen LogP contribution in [-0.4, -0.2) is 9.91 Å². The molecule has 0 amide bonds. The highest BCUT2D eigenvalue weighted by atomic mass is 16.6. The number of hydrogen-bond donors (Lipinski definition) is 2. The molecule has 0 atom stereocenters. The molecule has 2 aromatic carbocycles. The van der Waals surface area contributed by atoms with E-state index in [2.05, 4.69) is 10.3 Å². The molecule has 0 saturated heterocycles. The van der Waals surface area contributed by atoms with Crippen LogP contribution in [0.4, 0.5) is 11.4 Å². The Morgan fingerprint density at radius 1 is 1.15 bits per heavy atom. The van der Waals surface area contributed by atoms with Crippen LogP contribution in [0.3, 0.4) is 0 Å². The highest BCUT2D eigenvalue weighted by molar-refractivity contribution is 5.82. The average Bonchev–Trinajstić information content (AvgIpc) is 2.92. The largest absolute Gasteiger partial charge is 0.381 e. The Morgan fingerprint density at radius 3 is 2.85 bits per heavy atom. The van der Waals surface area contributed by atoms with Crippen molar-refractivity contribution in [3.63, 3.8) is 0 Å². The summed E-state index contributed by atoms with van der Waals surface area (Å²) < 4.78 is 0. The molecule has 0 radical (unpaired) electrons. The molecule has 5 heteroatoms. The number of anilines is 1.